The molecule has 3 aromatic rings. The fourth-order valence-electron chi connectivity index (χ4n) is 3.93. The van der Waals surface area contributed by atoms with Crippen molar-refractivity contribution in [3.8, 4) is 0 Å². The number of piperidine rings is 1. The molecule has 3 heterocycles. The van der Waals surface area contributed by atoms with E-state index in [0.717, 1.165) is 16.9 Å². The lowest BCUT2D eigenvalue weighted by Crippen LogP contribution is -2.46. The van der Waals surface area contributed by atoms with Crippen LogP contribution in [0, 0.1) is 27.7 Å². The highest BCUT2D eigenvalue weighted by Crippen LogP contribution is 2.25. The lowest BCUT2D eigenvalue weighted by Gasteiger charge is -2.31. The first-order chi connectivity index (χ1) is 14.7. The van der Waals surface area contributed by atoms with E-state index in [4.69, 9.17) is 0 Å². The Bertz CT molecular complexity index is 1240. The maximum Gasteiger partial charge on any atom is 0.251 e. The Hall–Kier alpha value is -2.85. The van der Waals surface area contributed by atoms with E-state index in [0.29, 0.717) is 48.4 Å². The van der Waals surface area contributed by atoms with Gasteiger partial charge in [0.15, 0.2) is 0 Å². The summed E-state index contributed by atoms with van der Waals surface area (Å²) in [5, 5.41) is 9.76. The van der Waals surface area contributed by atoms with Crippen LogP contribution in [0.15, 0.2) is 23.1 Å². The summed E-state index contributed by atoms with van der Waals surface area (Å²) in [7, 11) is -3.60. The van der Waals surface area contributed by atoms with E-state index in [1.165, 1.54) is 4.31 Å². The van der Waals surface area contributed by atoms with Gasteiger partial charge in [0, 0.05) is 24.7 Å². The topological polar surface area (TPSA) is 121 Å². The van der Waals surface area contributed by atoms with E-state index < -0.39 is 10.0 Å². The van der Waals surface area contributed by atoms with Gasteiger partial charge in [0.25, 0.3) is 5.91 Å². The molecule has 0 radical (unpaired) electrons. The monoisotopic (exact) mass is 442 g/mol. The minimum absolute atomic E-state index is 0.0907. The zero-order valence-electron chi connectivity index (χ0n) is 18.1. The molecule has 1 aliphatic heterocycles. The van der Waals surface area contributed by atoms with Crippen molar-refractivity contribution in [1.82, 2.24) is 29.8 Å². The summed E-state index contributed by atoms with van der Waals surface area (Å²) < 4.78 is 27.4. The first-order valence-electron chi connectivity index (χ1n) is 10.2. The number of benzene rings is 1. The minimum Gasteiger partial charge on any atom is -0.349 e. The van der Waals surface area contributed by atoms with Crippen LogP contribution in [0.25, 0.3) is 11.0 Å². The van der Waals surface area contributed by atoms with Crippen molar-refractivity contribution in [2.45, 2.75) is 51.5 Å². The highest BCUT2D eigenvalue weighted by Gasteiger charge is 2.33. The van der Waals surface area contributed by atoms with Crippen LogP contribution in [0.5, 0.6) is 0 Å². The summed E-state index contributed by atoms with van der Waals surface area (Å²) in [6.07, 6.45) is 1.10. The maximum absolute atomic E-state index is 13.0. The molecule has 31 heavy (non-hydrogen) atoms. The molecule has 9 nitrogen and oxygen atoms in total. The molecule has 2 N–H and O–H groups in total. The second-order valence-corrected chi connectivity index (χ2v) is 9.89. The number of rotatable bonds is 4. The number of H-pyrrole nitrogens is 1. The van der Waals surface area contributed by atoms with Crippen molar-refractivity contribution in [1.29, 1.82) is 0 Å². The van der Waals surface area contributed by atoms with Crippen LogP contribution < -0.4 is 5.32 Å². The summed E-state index contributed by atoms with van der Waals surface area (Å²) in [6, 6.07) is 5.19. The van der Waals surface area contributed by atoms with Crippen molar-refractivity contribution in [3.63, 3.8) is 0 Å². The van der Waals surface area contributed by atoms with Crippen molar-refractivity contribution in [3.05, 3.63) is 46.5 Å². The molecule has 0 saturated carbocycles. The Kier molecular flexibility index (Phi) is 5.52. The second-order valence-electron chi connectivity index (χ2n) is 8.01. The number of aromatic amines is 1. The van der Waals surface area contributed by atoms with Crippen molar-refractivity contribution in [2.75, 3.05) is 13.1 Å². The predicted octanol–water partition coefficient (Wildman–Crippen LogP) is 2.17. The van der Waals surface area contributed by atoms with Gasteiger partial charge in [0.2, 0.25) is 10.0 Å². The van der Waals surface area contributed by atoms with E-state index >= 15 is 0 Å². The van der Waals surface area contributed by atoms with Crippen LogP contribution in [0.3, 0.4) is 0 Å². The minimum atomic E-state index is -3.60. The van der Waals surface area contributed by atoms with Crippen LogP contribution >= 0.6 is 0 Å². The van der Waals surface area contributed by atoms with Crippen LogP contribution in [0.1, 0.15) is 46.0 Å². The number of aryl methyl sites for hydroxylation is 4. The Morgan fingerprint density at radius 3 is 2.29 bits per heavy atom. The summed E-state index contributed by atoms with van der Waals surface area (Å²) in [4.78, 5) is 22.0. The van der Waals surface area contributed by atoms with Crippen molar-refractivity contribution >= 4 is 27.0 Å². The zero-order valence-corrected chi connectivity index (χ0v) is 18.9. The van der Waals surface area contributed by atoms with Crippen LogP contribution in [-0.2, 0) is 10.0 Å². The van der Waals surface area contributed by atoms with Crippen LogP contribution in [0.4, 0.5) is 0 Å². The molecule has 164 valence electrons. The number of nitrogens with one attached hydrogen (secondary N) is 2. The summed E-state index contributed by atoms with van der Waals surface area (Å²) in [6.45, 7) is 7.88. The van der Waals surface area contributed by atoms with Crippen LogP contribution in [-0.4, -0.2) is 57.9 Å². The third kappa shape index (κ3) is 4.05. The zero-order chi connectivity index (χ0) is 22.3. The molecule has 0 spiro atoms. The average Bonchev–Trinajstić information content (AvgIpc) is 3.07. The van der Waals surface area contributed by atoms with Gasteiger partial charge in [-0.25, -0.2) is 18.4 Å². The fourth-order valence-corrected chi connectivity index (χ4v) is 5.73. The molecule has 0 aliphatic carbocycles. The summed E-state index contributed by atoms with van der Waals surface area (Å²) in [5.41, 5.74) is 4.67. The largest absolute Gasteiger partial charge is 0.349 e. The molecule has 0 bridgehead atoms. The molecule has 1 fully saturated rings. The molecule has 1 aliphatic rings. The predicted molar refractivity (Wildman–Crippen MR) is 116 cm³/mol. The standard InChI is InChI=1S/C21H26N6O3S/c1-12-13(2)23-19-11-16(5-6-18(19)22-12)21(28)24-17-7-9-27(10-8-17)31(29,30)20-14(3)25-26-15(20)4/h5-6,11,17H,7-10H2,1-4H3,(H,24,28)(H,25,26). The van der Waals surface area contributed by atoms with Gasteiger partial charge in [-0.3, -0.25) is 9.89 Å². The number of sulfonamides is 1. The van der Waals surface area contributed by atoms with Gasteiger partial charge in [-0.05, 0) is 58.7 Å². The average molecular weight is 443 g/mol. The van der Waals surface area contributed by atoms with Gasteiger partial charge in [-0.1, -0.05) is 0 Å². The smallest absolute Gasteiger partial charge is 0.251 e. The SMILES string of the molecule is Cc1nc2ccc(C(=O)NC3CCN(S(=O)(=O)c4c(C)n[nH]c4C)CC3)cc2nc1C. The number of carbonyl (C=O) groups excluding carboxylic acids is 1. The number of amides is 1. The molecule has 1 saturated heterocycles. The highest BCUT2D eigenvalue weighted by molar-refractivity contribution is 7.89. The number of carbonyl (C=O) groups is 1. The third-order valence-corrected chi connectivity index (χ3v) is 7.95. The Morgan fingerprint density at radius 1 is 1.03 bits per heavy atom. The van der Waals surface area contributed by atoms with E-state index in [1.807, 2.05) is 13.8 Å². The fraction of sp³-hybridized carbons (Fsp3) is 0.429. The molecular weight excluding hydrogens is 416 g/mol. The van der Waals surface area contributed by atoms with Gasteiger partial charge >= 0.3 is 0 Å². The normalized spacial score (nSPS) is 16.0. The highest BCUT2D eigenvalue weighted by atomic mass is 32.2. The lowest BCUT2D eigenvalue weighted by atomic mass is 10.1. The summed E-state index contributed by atoms with van der Waals surface area (Å²) >= 11 is 0. The summed E-state index contributed by atoms with van der Waals surface area (Å²) in [5.74, 6) is -0.190. The lowest BCUT2D eigenvalue weighted by molar-refractivity contribution is 0.0924. The van der Waals surface area contributed by atoms with Gasteiger partial charge in [-0.2, -0.15) is 9.40 Å². The van der Waals surface area contributed by atoms with E-state index in [1.54, 1.807) is 32.0 Å². The Labute approximate surface area is 181 Å². The molecule has 10 heteroatoms. The Morgan fingerprint density at radius 2 is 1.68 bits per heavy atom. The van der Waals surface area contributed by atoms with E-state index in [2.05, 4.69) is 25.5 Å². The van der Waals surface area contributed by atoms with Crippen LogP contribution in [0.2, 0.25) is 0 Å². The number of nitrogens with zero attached hydrogens (tertiary/aromatic N) is 4. The number of hydrogen-bond donors (Lipinski definition) is 2. The quantitative estimate of drug-likeness (QED) is 0.639. The van der Waals surface area contributed by atoms with E-state index in [-0.39, 0.29) is 16.8 Å². The molecule has 0 atom stereocenters. The Balaban J connectivity index is 1.42. The van der Waals surface area contributed by atoms with Crippen molar-refractivity contribution in [2.24, 2.45) is 0 Å². The first-order valence-corrected chi connectivity index (χ1v) is 11.7. The number of hydrogen-bond acceptors (Lipinski definition) is 6. The molecule has 1 amide bonds. The molecular formula is C21H26N6O3S. The number of fused-ring (bicyclic) bond motifs is 1. The molecule has 0 unspecified atom stereocenters. The van der Waals surface area contributed by atoms with Gasteiger partial charge < -0.3 is 5.32 Å². The van der Waals surface area contributed by atoms with Gasteiger partial charge in [0.1, 0.15) is 4.90 Å². The molecule has 4 rings (SSSR count). The van der Waals surface area contributed by atoms with E-state index in [9.17, 15) is 13.2 Å². The second kappa shape index (κ2) is 8.01. The first kappa shape index (κ1) is 21.4. The third-order valence-electron chi connectivity index (χ3n) is 5.79. The van der Waals surface area contributed by atoms with Crippen molar-refractivity contribution < 1.29 is 13.2 Å². The molecule has 2 aromatic heterocycles. The van der Waals surface area contributed by atoms with Gasteiger partial charge in [0.05, 0.1) is 33.8 Å². The van der Waals surface area contributed by atoms with Gasteiger partial charge in [-0.15, -0.1) is 0 Å². The maximum atomic E-state index is 13.0. The number of aromatic nitrogens is 4. The molecule has 1 aromatic carbocycles.